The standard InChI is InChI=1S/C34H48FN9O3/c1-22(2)27-21-37-44-31(27)40-34(47-26-14-17-43(5)18-15-26)41-33(44)36-20-23-8-13-28(35)29(19-23)39-32(46)24-9-11-25(12-10-24)38-30(45)7-6-16-42(3)4/h6-8,13,19,21-22,24-26H,9-12,14-18,20H2,1-5H3,(H,38,45)(H,39,46)(H,36,40,41). The number of nitrogens with zero attached hydrogens (tertiary/aromatic N) is 6. The zero-order valence-corrected chi connectivity index (χ0v) is 28.1. The summed E-state index contributed by atoms with van der Waals surface area (Å²) in [5, 5.41) is 13.7. The molecule has 2 fully saturated rings. The third-order valence-corrected chi connectivity index (χ3v) is 8.86. The number of nitrogens with one attached hydrogen (secondary N) is 3. The van der Waals surface area contributed by atoms with Crippen molar-refractivity contribution in [3.8, 4) is 6.01 Å². The van der Waals surface area contributed by atoms with Crippen LogP contribution in [0.3, 0.4) is 0 Å². The van der Waals surface area contributed by atoms with E-state index in [1.54, 1.807) is 28.9 Å². The van der Waals surface area contributed by atoms with Gasteiger partial charge in [0.05, 0.1) is 11.9 Å². The molecule has 0 radical (unpaired) electrons. The Kier molecular flexibility index (Phi) is 11.4. The van der Waals surface area contributed by atoms with Gasteiger partial charge in [-0.05, 0) is 83.3 Å². The second kappa shape index (κ2) is 15.7. The lowest BCUT2D eigenvalue weighted by atomic mass is 9.85. The monoisotopic (exact) mass is 649 g/mol. The Morgan fingerprint density at radius 1 is 1.11 bits per heavy atom. The van der Waals surface area contributed by atoms with E-state index in [-0.39, 0.29) is 41.5 Å². The number of likely N-dealkylation sites (tertiary alicyclic amines) is 1. The van der Waals surface area contributed by atoms with Crippen molar-refractivity contribution in [3.63, 3.8) is 0 Å². The molecule has 1 saturated heterocycles. The van der Waals surface area contributed by atoms with Crippen LogP contribution in [0, 0.1) is 11.7 Å². The van der Waals surface area contributed by atoms with Crippen molar-refractivity contribution < 1.29 is 18.7 Å². The topological polar surface area (TPSA) is 129 Å². The summed E-state index contributed by atoms with van der Waals surface area (Å²) in [6, 6.07) is 5.01. The highest BCUT2D eigenvalue weighted by atomic mass is 19.1. The van der Waals surface area contributed by atoms with E-state index in [0.717, 1.165) is 37.1 Å². The molecular formula is C34H48FN9O3. The van der Waals surface area contributed by atoms with Gasteiger partial charge in [-0.15, -0.1) is 0 Å². The quantitative estimate of drug-likeness (QED) is 0.247. The van der Waals surface area contributed by atoms with E-state index in [4.69, 9.17) is 9.72 Å². The highest BCUT2D eigenvalue weighted by Crippen LogP contribution is 2.28. The molecule has 47 heavy (non-hydrogen) atoms. The van der Waals surface area contributed by atoms with Crippen LogP contribution in [0.4, 0.5) is 16.0 Å². The van der Waals surface area contributed by atoms with Crippen LogP contribution < -0.4 is 20.7 Å². The number of piperidine rings is 1. The number of amides is 2. The minimum Gasteiger partial charge on any atom is -0.460 e. The fourth-order valence-corrected chi connectivity index (χ4v) is 6.02. The number of fused-ring (bicyclic) bond motifs is 1. The van der Waals surface area contributed by atoms with Crippen LogP contribution in [0.2, 0.25) is 0 Å². The number of ether oxygens (including phenoxy) is 1. The number of carbonyl (C=O) groups is 2. The van der Waals surface area contributed by atoms with E-state index in [9.17, 15) is 14.0 Å². The molecule has 0 atom stereocenters. The van der Waals surface area contributed by atoms with Gasteiger partial charge in [0.25, 0.3) is 0 Å². The van der Waals surface area contributed by atoms with Crippen LogP contribution in [-0.4, -0.2) is 94.1 Å². The summed E-state index contributed by atoms with van der Waals surface area (Å²) in [6.45, 7) is 7.10. The molecule has 3 N–H and O–H groups in total. The number of likely N-dealkylation sites (N-methyl/N-ethyl adjacent to an activating group) is 1. The second-order valence-electron chi connectivity index (χ2n) is 13.3. The number of rotatable bonds is 12. The van der Waals surface area contributed by atoms with E-state index >= 15 is 0 Å². The van der Waals surface area contributed by atoms with E-state index in [1.807, 2.05) is 25.1 Å². The lowest BCUT2D eigenvalue weighted by Crippen LogP contribution is -2.39. The van der Waals surface area contributed by atoms with E-state index in [2.05, 4.69) is 51.8 Å². The summed E-state index contributed by atoms with van der Waals surface area (Å²) >= 11 is 0. The number of anilines is 2. The molecule has 5 rings (SSSR count). The Morgan fingerprint density at radius 3 is 2.55 bits per heavy atom. The van der Waals surface area contributed by atoms with Crippen LogP contribution >= 0.6 is 0 Å². The Hall–Kier alpha value is -4.10. The van der Waals surface area contributed by atoms with Crippen molar-refractivity contribution in [1.82, 2.24) is 34.7 Å². The van der Waals surface area contributed by atoms with Gasteiger partial charge in [-0.2, -0.15) is 19.6 Å². The molecule has 0 bridgehead atoms. The first-order valence-electron chi connectivity index (χ1n) is 16.6. The third kappa shape index (κ3) is 9.25. The molecule has 2 aliphatic rings. The molecule has 2 aromatic heterocycles. The smallest absolute Gasteiger partial charge is 0.322 e. The Labute approximate surface area is 276 Å². The van der Waals surface area contributed by atoms with Crippen molar-refractivity contribution in [3.05, 3.63) is 53.5 Å². The Balaban J connectivity index is 1.20. The first-order valence-corrected chi connectivity index (χ1v) is 16.6. The van der Waals surface area contributed by atoms with Gasteiger partial charge < -0.3 is 30.5 Å². The first kappa shape index (κ1) is 34.2. The summed E-state index contributed by atoms with van der Waals surface area (Å²) in [5.74, 6) is -0.407. The molecule has 1 aromatic carbocycles. The van der Waals surface area contributed by atoms with Crippen molar-refractivity contribution >= 4 is 29.1 Å². The molecule has 0 spiro atoms. The number of hydrogen-bond acceptors (Lipinski definition) is 9. The van der Waals surface area contributed by atoms with Gasteiger partial charge in [0.1, 0.15) is 11.9 Å². The second-order valence-corrected chi connectivity index (χ2v) is 13.3. The average Bonchev–Trinajstić information content (AvgIpc) is 3.47. The van der Waals surface area contributed by atoms with Gasteiger partial charge in [0.2, 0.25) is 17.8 Å². The van der Waals surface area contributed by atoms with Crippen LogP contribution in [0.25, 0.3) is 5.65 Å². The summed E-state index contributed by atoms with van der Waals surface area (Å²) in [5.41, 5.74) is 2.57. The number of carbonyl (C=O) groups excluding carboxylic acids is 2. The van der Waals surface area contributed by atoms with Gasteiger partial charge in [-0.1, -0.05) is 26.0 Å². The zero-order valence-electron chi connectivity index (χ0n) is 28.1. The molecule has 3 aromatic rings. The molecule has 12 nitrogen and oxygen atoms in total. The zero-order chi connectivity index (χ0) is 33.5. The maximum Gasteiger partial charge on any atom is 0.322 e. The SMILES string of the molecule is CC(C)c1cnn2c(NCc3ccc(F)c(NC(=O)C4CCC(NC(=O)C=CCN(C)C)CC4)c3)nc(OC3CCN(C)CC3)nc12. The normalized spacial score (nSPS) is 19.5. The Morgan fingerprint density at radius 2 is 1.85 bits per heavy atom. The van der Waals surface area contributed by atoms with Crippen molar-refractivity contribution in [2.75, 3.05) is 51.4 Å². The first-order chi connectivity index (χ1) is 22.5. The van der Waals surface area contributed by atoms with Crippen LogP contribution in [-0.2, 0) is 16.1 Å². The molecule has 3 heterocycles. The summed E-state index contributed by atoms with van der Waals surface area (Å²) in [7, 11) is 5.99. The van der Waals surface area contributed by atoms with Gasteiger partial charge in [-0.25, -0.2) is 4.39 Å². The van der Waals surface area contributed by atoms with Gasteiger partial charge in [0.15, 0.2) is 5.65 Å². The van der Waals surface area contributed by atoms with Crippen molar-refractivity contribution in [2.24, 2.45) is 5.92 Å². The van der Waals surface area contributed by atoms with E-state index < -0.39 is 5.82 Å². The minimum absolute atomic E-state index is 0.0247. The molecule has 13 heteroatoms. The Bertz CT molecular complexity index is 1560. The van der Waals surface area contributed by atoms with E-state index in [0.29, 0.717) is 56.4 Å². The molecule has 1 saturated carbocycles. The highest BCUT2D eigenvalue weighted by molar-refractivity contribution is 5.93. The molecule has 2 amide bonds. The van der Waals surface area contributed by atoms with E-state index in [1.165, 1.54) is 6.07 Å². The summed E-state index contributed by atoms with van der Waals surface area (Å²) < 4.78 is 22.8. The largest absolute Gasteiger partial charge is 0.460 e. The molecule has 254 valence electrons. The van der Waals surface area contributed by atoms with Crippen LogP contribution in [0.1, 0.15) is 69.4 Å². The van der Waals surface area contributed by atoms with Gasteiger partial charge in [0, 0.05) is 49.8 Å². The number of benzene rings is 1. The van der Waals surface area contributed by atoms with Crippen LogP contribution in [0.15, 0.2) is 36.5 Å². The predicted octanol–water partition coefficient (Wildman–Crippen LogP) is 4.20. The molecule has 0 unspecified atom stereocenters. The fourth-order valence-electron chi connectivity index (χ4n) is 6.02. The van der Waals surface area contributed by atoms with Crippen LogP contribution in [0.5, 0.6) is 6.01 Å². The van der Waals surface area contributed by atoms with Gasteiger partial charge >= 0.3 is 6.01 Å². The minimum atomic E-state index is -0.501. The third-order valence-electron chi connectivity index (χ3n) is 8.86. The summed E-state index contributed by atoms with van der Waals surface area (Å²) in [4.78, 5) is 39.0. The lowest BCUT2D eigenvalue weighted by molar-refractivity contribution is -0.121. The lowest BCUT2D eigenvalue weighted by Gasteiger charge is -2.28. The molecular weight excluding hydrogens is 601 g/mol. The average molecular weight is 650 g/mol. The van der Waals surface area contributed by atoms with Crippen molar-refractivity contribution in [2.45, 2.75) is 77.0 Å². The molecule has 1 aliphatic heterocycles. The summed E-state index contributed by atoms with van der Waals surface area (Å²) in [6.07, 6.45) is 9.66. The molecule has 1 aliphatic carbocycles. The maximum absolute atomic E-state index is 14.9. The van der Waals surface area contributed by atoms with Crippen molar-refractivity contribution in [1.29, 1.82) is 0 Å². The maximum atomic E-state index is 14.9. The highest BCUT2D eigenvalue weighted by Gasteiger charge is 2.28. The predicted molar refractivity (Wildman–Crippen MR) is 180 cm³/mol. The van der Waals surface area contributed by atoms with Gasteiger partial charge in [-0.3, -0.25) is 9.59 Å². The number of hydrogen-bond donors (Lipinski definition) is 3. The number of aromatic nitrogens is 4. The fraction of sp³-hybridized carbons (Fsp3) is 0.559. The number of halogens is 1.